The lowest BCUT2D eigenvalue weighted by atomic mass is 9.97. The lowest BCUT2D eigenvalue weighted by molar-refractivity contribution is -0.119. The van der Waals surface area contributed by atoms with E-state index in [2.05, 4.69) is 12.6 Å². The third-order valence-electron chi connectivity index (χ3n) is 4.54. The Balaban J connectivity index is 2.12. The van der Waals surface area contributed by atoms with E-state index in [0.717, 1.165) is 39.7 Å². The van der Waals surface area contributed by atoms with Crippen LogP contribution in [0.1, 0.15) is 37.6 Å². The molecule has 2 atom stereocenters. The van der Waals surface area contributed by atoms with Crippen molar-refractivity contribution >= 4 is 17.3 Å². The summed E-state index contributed by atoms with van der Waals surface area (Å²) in [6, 6.07) is 9.77. The third-order valence-corrected chi connectivity index (χ3v) is 4.54. The third kappa shape index (κ3) is 2.85. The van der Waals surface area contributed by atoms with Crippen molar-refractivity contribution in [3.8, 4) is 0 Å². The molecule has 1 unspecified atom stereocenters. The Kier molecular flexibility index (Phi) is 4.49. The number of rotatable bonds is 5. The molecule has 4 heteroatoms. The number of aromatic nitrogens is 1. The molecule has 0 radical (unpaired) electrons. The first kappa shape index (κ1) is 16.4. The maximum atomic E-state index is 11.6. The van der Waals surface area contributed by atoms with E-state index in [0.29, 0.717) is 13.0 Å². The molecule has 0 spiro atoms. The van der Waals surface area contributed by atoms with Crippen LogP contribution in [0.5, 0.6) is 0 Å². The van der Waals surface area contributed by atoms with Crippen LogP contribution in [0.4, 0.5) is 0 Å². The first-order chi connectivity index (χ1) is 11.5. The molecule has 0 saturated heterocycles. The van der Waals surface area contributed by atoms with Crippen molar-refractivity contribution in [1.29, 1.82) is 0 Å². The largest absolute Gasteiger partial charge is 0.388 e. The smallest absolute Gasteiger partial charge is 0.210 e. The van der Waals surface area contributed by atoms with Crippen LogP contribution in [-0.4, -0.2) is 27.5 Å². The highest BCUT2D eigenvalue weighted by molar-refractivity contribution is 5.80. The molecule has 0 aliphatic carbocycles. The highest BCUT2D eigenvalue weighted by atomic mass is 16.3. The number of para-hydroxylation sites is 1. The maximum Gasteiger partial charge on any atom is 0.210 e. The zero-order chi connectivity index (χ0) is 17.3. The molecule has 3 rings (SSSR count). The van der Waals surface area contributed by atoms with E-state index in [-0.39, 0.29) is 6.04 Å². The van der Waals surface area contributed by atoms with E-state index < -0.39 is 6.10 Å². The second kappa shape index (κ2) is 6.57. The van der Waals surface area contributed by atoms with Crippen LogP contribution >= 0.6 is 0 Å². The summed E-state index contributed by atoms with van der Waals surface area (Å²) in [5.74, 6) is 0. The summed E-state index contributed by atoms with van der Waals surface area (Å²) in [4.78, 5) is 18.0. The Morgan fingerprint density at radius 3 is 2.92 bits per heavy atom. The molecule has 1 aliphatic heterocycles. The number of aliphatic hydroxyl groups is 1. The fourth-order valence-corrected chi connectivity index (χ4v) is 3.21. The predicted octanol–water partition coefficient (Wildman–Crippen LogP) is 3.52. The molecule has 1 amide bonds. The number of amides is 1. The molecule has 0 saturated carbocycles. The Morgan fingerprint density at radius 1 is 1.50 bits per heavy atom. The van der Waals surface area contributed by atoms with E-state index in [1.807, 2.05) is 44.2 Å². The minimum atomic E-state index is -0.583. The fraction of sp³-hybridized carbons (Fsp3) is 0.300. The van der Waals surface area contributed by atoms with Crippen LogP contribution in [0.25, 0.3) is 10.9 Å². The topological polar surface area (TPSA) is 53.4 Å². The van der Waals surface area contributed by atoms with Gasteiger partial charge in [0.2, 0.25) is 6.41 Å². The normalized spacial score (nSPS) is 18.5. The lowest BCUT2D eigenvalue weighted by Crippen LogP contribution is -2.21. The number of fused-ring (bicyclic) bond motifs is 2. The molecular weight excluding hydrogens is 300 g/mol. The Labute approximate surface area is 142 Å². The molecule has 4 nitrogen and oxygen atoms in total. The first-order valence-corrected chi connectivity index (χ1v) is 8.20. The second-order valence-corrected chi connectivity index (χ2v) is 6.27. The van der Waals surface area contributed by atoms with Crippen molar-refractivity contribution in [3.63, 3.8) is 0 Å². The number of aliphatic hydroxyl groups excluding tert-OH is 1. The van der Waals surface area contributed by atoms with Crippen molar-refractivity contribution < 1.29 is 9.90 Å². The molecule has 1 aliphatic rings. The van der Waals surface area contributed by atoms with Crippen LogP contribution in [-0.2, 0) is 11.3 Å². The van der Waals surface area contributed by atoms with Gasteiger partial charge in [0.1, 0.15) is 0 Å². The van der Waals surface area contributed by atoms with E-state index >= 15 is 0 Å². The van der Waals surface area contributed by atoms with Gasteiger partial charge < -0.3 is 10.0 Å². The van der Waals surface area contributed by atoms with Crippen molar-refractivity contribution in [2.75, 3.05) is 0 Å². The summed E-state index contributed by atoms with van der Waals surface area (Å²) in [5.41, 5.74) is 4.42. The summed E-state index contributed by atoms with van der Waals surface area (Å²) in [6.45, 7) is 8.30. The SMILES string of the molecule is C=C(C)/C(=C\C1c2nc3ccccc3cc2CN1C=O)[C@@H](O)CC. The molecule has 24 heavy (non-hydrogen) atoms. The lowest BCUT2D eigenvalue weighted by Gasteiger charge is -2.21. The summed E-state index contributed by atoms with van der Waals surface area (Å²) >= 11 is 0. The van der Waals surface area contributed by atoms with Crippen LogP contribution in [0, 0.1) is 0 Å². The average molecular weight is 322 g/mol. The van der Waals surface area contributed by atoms with Gasteiger partial charge in [0.25, 0.3) is 0 Å². The van der Waals surface area contributed by atoms with Crippen LogP contribution < -0.4 is 0 Å². The Bertz CT molecular complexity index is 825. The summed E-state index contributed by atoms with van der Waals surface area (Å²) in [5, 5.41) is 11.3. The summed E-state index contributed by atoms with van der Waals surface area (Å²) < 4.78 is 0. The summed E-state index contributed by atoms with van der Waals surface area (Å²) in [7, 11) is 0. The van der Waals surface area contributed by atoms with Gasteiger partial charge in [-0.2, -0.15) is 0 Å². The zero-order valence-corrected chi connectivity index (χ0v) is 14.1. The number of carbonyl (C=O) groups is 1. The predicted molar refractivity (Wildman–Crippen MR) is 95.3 cm³/mol. The molecule has 1 N–H and O–H groups in total. The Hall–Kier alpha value is -2.46. The standard InChI is InChI=1S/C20H22N2O2/c1-4-19(24)16(13(2)3)10-18-20-15(11-22(18)12-23)9-14-7-5-6-8-17(14)21-20/h5-10,12,18-19,24H,2,4,11H2,1,3H3/b16-10+/t18?,19-/m0/s1. The quantitative estimate of drug-likeness (QED) is 0.677. The van der Waals surface area contributed by atoms with Crippen LogP contribution in [0.3, 0.4) is 0 Å². The van der Waals surface area contributed by atoms with Gasteiger partial charge in [-0.3, -0.25) is 4.79 Å². The van der Waals surface area contributed by atoms with Gasteiger partial charge >= 0.3 is 0 Å². The van der Waals surface area contributed by atoms with E-state index in [9.17, 15) is 9.90 Å². The minimum Gasteiger partial charge on any atom is -0.388 e. The molecule has 0 fully saturated rings. The number of hydrogen-bond donors (Lipinski definition) is 1. The van der Waals surface area contributed by atoms with Gasteiger partial charge in [-0.25, -0.2) is 4.98 Å². The van der Waals surface area contributed by atoms with Gasteiger partial charge in [0, 0.05) is 11.9 Å². The first-order valence-electron chi connectivity index (χ1n) is 8.20. The second-order valence-electron chi connectivity index (χ2n) is 6.27. The molecular formula is C20H22N2O2. The number of carbonyl (C=O) groups excluding carboxylic acids is 1. The maximum absolute atomic E-state index is 11.6. The molecule has 2 heterocycles. The highest BCUT2D eigenvalue weighted by Crippen LogP contribution is 2.36. The highest BCUT2D eigenvalue weighted by Gasteiger charge is 2.30. The summed E-state index contributed by atoms with van der Waals surface area (Å²) in [6.07, 6.45) is 2.80. The number of hydrogen-bond acceptors (Lipinski definition) is 3. The molecule has 1 aromatic carbocycles. The van der Waals surface area contributed by atoms with E-state index in [1.54, 1.807) is 4.90 Å². The molecule has 124 valence electrons. The minimum absolute atomic E-state index is 0.269. The van der Waals surface area contributed by atoms with Gasteiger partial charge in [0.15, 0.2) is 0 Å². The Morgan fingerprint density at radius 2 is 2.25 bits per heavy atom. The van der Waals surface area contributed by atoms with Gasteiger partial charge in [0.05, 0.1) is 23.4 Å². The van der Waals surface area contributed by atoms with Gasteiger partial charge in [-0.1, -0.05) is 37.3 Å². The van der Waals surface area contributed by atoms with E-state index in [1.165, 1.54) is 0 Å². The van der Waals surface area contributed by atoms with E-state index in [4.69, 9.17) is 4.98 Å². The van der Waals surface area contributed by atoms with Crippen LogP contribution in [0.2, 0.25) is 0 Å². The van der Waals surface area contributed by atoms with Gasteiger partial charge in [-0.15, -0.1) is 0 Å². The average Bonchev–Trinajstić information content (AvgIpc) is 2.93. The fourth-order valence-electron chi connectivity index (χ4n) is 3.21. The molecule has 2 aromatic rings. The van der Waals surface area contributed by atoms with Crippen molar-refractivity contribution in [2.24, 2.45) is 0 Å². The zero-order valence-electron chi connectivity index (χ0n) is 14.1. The number of nitrogens with zero attached hydrogens (tertiary/aromatic N) is 2. The van der Waals surface area contributed by atoms with Crippen molar-refractivity contribution in [2.45, 2.75) is 39.0 Å². The van der Waals surface area contributed by atoms with Gasteiger partial charge in [-0.05, 0) is 42.7 Å². The molecule has 0 bridgehead atoms. The monoisotopic (exact) mass is 322 g/mol. The van der Waals surface area contributed by atoms with Crippen molar-refractivity contribution in [1.82, 2.24) is 9.88 Å². The molecule has 1 aromatic heterocycles. The van der Waals surface area contributed by atoms with Crippen molar-refractivity contribution in [3.05, 3.63) is 65.4 Å². The number of pyridine rings is 1. The number of benzene rings is 1. The van der Waals surface area contributed by atoms with Crippen LogP contribution in [0.15, 0.2) is 54.1 Å².